The van der Waals surface area contributed by atoms with Crippen LogP contribution in [0.2, 0.25) is 5.02 Å². The molecule has 3 aliphatic rings. The Hall–Kier alpha value is -2.06. The van der Waals surface area contributed by atoms with Crippen molar-refractivity contribution in [3.05, 3.63) is 64.7 Å². The predicted molar refractivity (Wildman–Crippen MR) is 147 cm³/mol. The summed E-state index contributed by atoms with van der Waals surface area (Å²) in [5.41, 5.74) is 3.31. The van der Waals surface area contributed by atoms with Crippen molar-refractivity contribution in [2.24, 2.45) is 15.9 Å². The summed E-state index contributed by atoms with van der Waals surface area (Å²) in [6, 6.07) is 15.2. The predicted octanol–water partition coefficient (Wildman–Crippen LogP) is 5.42. The Kier molecular flexibility index (Phi) is 8.44. The van der Waals surface area contributed by atoms with Crippen LogP contribution in [0.25, 0.3) is 0 Å². The van der Waals surface area contributed by atoms with Gasteiger partial charge in [0.2, 0.25) is 5.90 Å². The zero-order valence-electron chi connectivity index (χ0n) is 21.4. The molecule has 37 heavy (non-hydrogen) atoms. The van der Waals surface area contributed by atoms with E-state index in [1.165, 1.54) is 0 Å². The van der Waals surface area contributed by atoms with Gasteiger partial charge in [0.15, 0.2) is 0 Å². The number of ether oxygens (including phenoxy) is 2. The molecule has 2 aromatic carbocycles. The van der Waals surface area contributed by atoms with Crippen molar-refractivity contribution in [3.8, 4) is 0 Å². The minimum Gasteiger partial charge on any atom is -0.405 e. The number of fused-ring (bicyclic) bond motifs is 1. The summed E-state index contributed by atoms with van der Waals surface area (Å²) in [7, 11) is -3.48. The fraction of sp³-hybridized carbons (Fsp3) is 0.481. The maximum absolute atomic E-state index is 14.8. The Labute approximate surface area is 223 Å². The molecule has 0 saturated carbocycles. The number of halogens is 1. The Morgan fingerprint density at radius 3 is 2.24 bits per heavy atom. The lowest BCUT2D eigenvalue weighted by atomic mass is 9.98. The lowest BCUT2D eigenvalue weighted by Gasteiger charge is -2.41. The van der Waals surface area contributed by atoms with E-state index in [0.29, 0.717) is 69.2 Å². The van der Waals surface area contributed by atoms with Crippen LogP contribution in [0.4, 0.5) is 5.69 Å². The van der Waals surface area contributed by atoms with Gasteiger partial charge in [0.1, 0.15) is 6.04 Å². The van der Waals surface area contributed by atoms with Crippen LogP contribution in [-0.4, -0.2) is 79.6 Å². The second kappa shape index (κ2) is 11.8. The third kappa shape index (κ3) is 5.70. The number of nitrogens with zero attached hydrogens (tertiary/aromatic N) is 4. The van der Waals surface area contributed by atoms with E-state index in [1.807, 2.05) is 57.9 Å². The molecule has 2 aromatic rings. The van der Waals surface area contributed by atoms with Crippen LogP contribution in [0.1, 0.15) is 31.4 Å². The van der Waals surface area contributed by atoms with Gasteiger partial charge in [-0.2, -0.15) is 0 Å². The van der Waals surface area contributed by atoms with Gasteiger partial charge in [-0.3, -0.25) is 4.99 Å². The zero-order valence-corrected chi connectivity index (χ0v) is 23.0. The van der Waals surface area contributed by atoms with E-state index in [0.717, 1.165) is 23.3 Å². The van der Waals surface area contributed by atoms with E-state index in [9.17, 15) is 4.57 Å². The van der Waals surface area contributed by atoms with E-state index in [2.05, 4.69) is 13.8 Å². The molecule has 2 fully saturated rings. The summed E-state index contributed by atoms with van der Waals surface area (Å²) in [6.45, 7) is 8.41. The topological polar surface area (TPSA) is 76.0 Å². The van der Waals surface area contributed by atoms with Crippen LogP contribution in [0.3, 0.4) is 0 Å². The van der Waals surface area contributed by atoms with Crippen LogP contribution in [0, 0.1) is 5.92 Å². The van der Waals surface area contributed by atoms with Gasteiger partial charge in [-0.1, -0.05) is 62.2 Å². The van der Waals surface area contributed by atoms with Gasteiger partial charge in [-0.25, -0.2) is 18.9 Å². The summed E-state index contributed by atoms with van der Waals surface area (Å²) in [4.78, 5) is 10.3. The normalized spacial score (nSPS) is 22.4. The molecule has 0 spiro atoms. The van der Waals surface area contributed by atoms with Crippen molar-refractivity contribution in [2.75, 3.05) is 52.6 Å². The molecule has 2 saturated heterocycles. The first-order chi connectivity index (χ1) is 18.0. The van der Waals surface area contributed by atoms with Crippen LogP contribution >= 0.6 is 19.3 Å². The zero-order chi connectivity index (χ0) is 25.8. The number of rotatable bonds is 6. The molecule has 3 aliphatic heterocycles. The van der Waals surface area contributed by atoms with Gasteiger partial charge >= 0.3 is 7.67 Å². The van der Waals surface area contributed by atoms with Crippen LogP contribution in [0.5, 0.6) is 0 Å². The lowest BCUT2D eigenvalue weighted by Crippen LogP contribution is -2.45. The molecule has 1 unspecified atom stereocenters. The highest BCUT2D eigenvalue weighted by Crippen LogP contribution is 2.56. The Balaban J connectivity index is 1.63. The van der Waals surface area contributed by atoms with Gasteiger partial charge in [-0.05, 0) is 24.1 Å². The fourth-order valence-electron chi connectivity index (χ4n) is 4.77. The lowest BCUT2D eigenvalue weighted by molar-refractivity contribution is 0.0438. The van der Waals surface area contributed by atoms with E-state index >= 15 is 0 Å². The fourth-order valence-corrected chi connectivity index (χ4v) is 7.26. The van der Waals surface area contributed by atoms with Crippen molar-refractivity contribution in [1.29, 1.82) is 0 Å². The van der Waals surface area contributed by atoms with E-state index < -0.39 is 13.7 Å². The Morgan fingerprint density at radius 1 is 1.03 bits per heavy atom. The highest BCUT2D eigenvalue weighted by atomic mass is 35.5. The summed E-state index contributed by atoms with van der Waals surface area (Å²) >= 11 is 6.44. The molecule has 0 amide bonds. The van der Waals surface area contributed by atoms with Crippen molar-refractivity contribution in [2.45, 2.75) is 26.3 Å². The van der Waals surface area contributed by atoms with Gasteiger partial charge < -0.3 is 14.0 Å². The molecule has 0 aliphatic carbocycles. The maximum atomic E-state index is 14.8. The Morgan fingerprint density at radius 2 is 1.65 bits per heavy atom. The van der Waals surface area contributed by atoms with E-state index in [1.54, 1.807) is 0 Å². The summed E-state index contributed by atoms with van der Waals surface area (Å²) < 4.78 is 36.5. The molecule has 0 aromatic heterocycles. The molecule has 3 heterocycles. The average molecular weight is 545 g/mol. The monoisotopic (exact) mass is 544 g/mol. The second-order valence-corrected chi connectivity index (χ2v) is 12.2. The molecule has 0 radical (unpaired) electrons. The number of aliphatic imine (C=N–C) groups is 2. The number of hydrogen-bond donors (Lipinski definition) is 0. The minimum atomic E-state index is -3.48. The number of morpholine rings is 2. The van der Waals surface area contributed by atoms with E-state index in [4.69, 9.17) is 35.6 Å². The highest BCUT2D eigenvalue weighted by Gasteiger charge is 2.44. The third-order valence-corrected chi connectivity index (χ3v) is 9.99. The Bertz CT molecular complexity index is 1170. The number of hydrogen-bond acceptors (Lipinski definition) is 6. The van der Waals surface area contributed by atoms with Crippen molar-refractivity contribution >= 4 is 36.6 Å². The minimum absolute atomic E-state index is 0.102. The maximum Gasteiger partial charge on any atom is 0.397 e. The van der Waals surface area contributed by atoms with Crippen LogP contribution < -0.4 is 0 Å². The van der Waals surface area contributed by atoms with Gasteiger partial charge in [0, 0.05) is 42.3 Å². The standard InChI is InChI=1S/C27H34ClN4O4P/c1-3-20(2)25-27(36-37(33,31-11-15-34-16-12-31)32-13-17-35-18-14-32)29-24-10-9-22(28)19-23(24)26(30-25)21-7-5-4-6-8-21/h4-10,19-20,25H,3,11-18H2,1-2H3/t20-,25?/m0/s1. The first-order valence-corrected chi connectivity index (χ1v) is 14.9. The molecule has 0 bridgehead atoms. The van der Waals surface area contributed by atoms with Gasteiger partial charge in [0.25, 0.3) is 0 Å². The van der Waals surface area contributed by atoms with Crippen LogP contribution in [-0.2, 0) is 18.6 Å². The number of benzene rings is 2. The third-order valence-electron chi connectivity index (χ3n) is 7.10. The van der Waals surface area contributed by atoms with Crippen molar-refractivity contribution in [1.82, 2.24) is 9.34 Å². The van der Waals surface area contributed by atoms with E-state index in [-0.39, 0.29) is 5.92 Å². The molecular weight excluding hydrogens is 511 g/mol. The molecule has 5 rings (SSSR count). The van der Waals surface area contributed by atoms with Gasteiger partial charge in [0.05, 0.1) is 37.8 Å². The summed E-state index contributed by atoms with van der Waals surface area (Å²) in [5.74, 6) is 0.482. The van der Waals surface area contributed by atoms with Crippen LogP contribution in [0.15, 0.2) is 58.5 Å². The summed E-state index contributed by atoms with van der Waals surface area (Å²) in [5, 5.41) is 0.606. The SMILES string of the molecule is CC[C@H](C)C1N=C(c2ccccc2)c2cc(Cl)ccc2N=C1OP(=O)(N1CCOCC1)N1CCOCC1. The molecule has 198 valence electrons. The molecule has 8 nitrogen and oxygen atoms in total. The average Bonchev–Trinajstić information content (AvgIpc) is 3.10. The van der Waals surface area contributed by atoms with Crippen molar-refractivity contribution < 1.29 is 18.6 Å². The largest absolute Gasteiger partial charge is 0.405 e. The van der Waals surface area contributed by atoms with Gasteiger partial charge in [-0.15, -0.1) is 0 Å². The smallest absolute Gasteiger partial charge is 0.397 e. The first kappa shape index (κ1) is 26.5. The first-order valence-electron chi connectivity index (χ1n) is 13.0. The highest BCUT2D eigenvalue weighted by molar-refractivity contribution is 7.54. The summed E-state index contributed by atoms with van der Waals surface area (Å²) in [6.07, 6.45) is 0.856. The second-order valence-electron chi connectivity index (χ2n) is 9.50. The molecule has 2 atom stereocenters. The molecular formula is C27H34ClN4O4P. The molecule has 10 heteroatoms. The van der Waals surface area contributed by atoms with Crippen molar-refractivity contribution in [3.63, 3.8) is 0 Å². The quantitative estimate of drug-likeness (QED) is 0.452. The molecule has 0 N–H and O–H groups in total.